The van der Waals surface area contributed by atoms with Crippen LogP contribution in [-0.4, -0.2) is 57.7 Å². The van der Waals surface area contributed by atoms with E-state index in [1.54, 1.807) is 24.3 Å². The van der Waals surface area contributed by atoms with Crippen molar-refractivity contribution in [2.45, 2.75) is 38.8 Å². The Hall–Kier alpha value is -4.31. The van der Waals surface area contributed by atoms with Gasteiger partial charge in [0.05, 0.1) is 33.1 Å². The Morgan fingerprint density at radius 2 is 1.82 bits per heavy atom. The molecule has 1 saturated heterocycles. The summed E-state index contributed by atoms with van der Waals surface area (Å²) in [5.74, 6) is -0.437. The third-order valence-electron chi connectivity index (χ3n) is 6.80. The van der Waals surface area contributed by atoms with Crippen LogP contribution in [0.5, 0.6) is 11.5 Å². The zero-order valence-electron chi connectivity index (χ0n) is 23.2. The first kappa shape index (κ1) is 28.7. The van der Waals surface area contributed by atoms with E-state index >= 15 is 0 Å². The molecule has 1 aliphatic rings. The van der Waals surface area contributed by atoms with E-state index in [0.29, 0.717) is 35.9 Å². The van der Waals surface area contributed by atoms with Gasteiger partial charge in [-0.1, -0.05) is 18.2 Å². The molecule has 1 fully saturated rings. The predicted molar refractivity (Wildman–Crippen MR) is 149 cm³/mol. The molecular formula is C30H35N3O7. The number of anilines is 1. The van der Waals surface area contributed by atoms with Crippen LogP contribution in [0.2, 0.25) is 0 Å². The fraction of sp³-hybridized carbons (Fsp3) is 0.367. The predicted octanol–water partition coefficient (Wildman–Crippen LogP) is 3.71. The van der Waals surface area contributed by atoms with Crippen molar-refractivity contribution in [1.29, 1.82) is 0 Å². The lowest BCUT2D eigenvalue weighted by atomic mass is 10.00. The Balaban J connectivity index is 1.75. The topological polar surface area (TPSA) is 119 Å². The number of hydrogen-bond acceptors (Lipinski definition) is 7. The third-order valence-corrected chi connectivity index (χ3v) is 6.80. The van der Waals surface area contributed by atoms with Crippen LogP contribution in [0.15, 0.2) is 59.2 Å². The highest BCUT2D eigenvalue weighted by Crippen LogP contribution is 2.36. The lowest BCUT2D eigenvalue weighted by molar-refractivity contribution is -0.126. The lowest BCUT2D eigenvalue weighted by Gasteiger charge is -2.33. The number of nitrogens with zero attached hydrogens (tertiary/aromatic N) is 1. The maximum absolute atomic E-state index is 14.0. The minimum atomic E-state index is -1.09. The first-order valence-corrected chi connectivity index (χ1v) is 13.1. The minimum Gasteiger partial charge on any atom is -0.493 e. The molecule has 2 N–H and O–H groups in total. The summed E-state index contributed by atoms with van der Waals surface area (Å²) in [6.45, 7) is 4.38. The first-order valence-electron chi connectivity index (χ1n) is 13.1. The van der Waals surface area contributed by atoms with E-state index in [4.69, 9.17) is 18.6 Å². The van der Waals surface area contributed by atoms with Gasteiger partial charge in [-0.05, 0) is 73.7 Å². The summed E-state index contributed by atoms with van der Waals surface area (Å²) < 4.78 is 21.8. The highest BCUT2D eigenvalue weighted by atomic mass is 16.5. The number of methoxy groups -OCH3 is 2. The van der Waals surface area contributed by atoms with E-state index in [1.165, 1.54) is 31.4 Å². The molecule has 1 aliphatic heterocycles. The van der Waals surface area contributed by atoms with Crippen LogP contribution in [0.25, 0.3) is 0 Å². The highest BCUT2D eigenvalue weighted by molar-refractivity contribution is 6.04. The smallest absolute Gasteiger partial charge is 0.287 e. The molecule has 212 valence electrons. The van der Waals surface area contributed by atoms with Crippen molar-refractivity contribution in [3.05, 3.63) is 77.2 Å². The molecule has 0 unspecified atom stereocenters. The molecule has 10 heteroatoms. The number of furan rings is 1. The molecule has 40 heavy (non-hydrogen) atoms. The minimum absolute atomic E-state index is 0.0804. The molecule has 0 aliphatic carbocycles. The Bertz CT molecular complexity index is 1330. The van der Waals surface area contributed by atoms with E-state index < -0.39 is 23.8 Å². The largest absolute Gasteiger partial charge is 0.493 e. The van der Waals surface area contributed by atoms with Crippen LogP contribution in [0.4, 0.5) is 5.69 Å². The number of carbonyl (C=O) groups is 3. The molecule has 1 aromatic heterocycles. The van der Waals surface area contributed by atoms with Gasteiger partial charge in [0.25, 0.3) is 5.91 Å². The second-order valence-electron chi connectivity index (χ2n) is 9.61. The van der Waals surface area contributed by atoms with Crippen LogP contribution in [0.3, 0.4) is 0 Å². The summed E-state index contributed by atoms with van der Waals surface area (Å²) in [5, 5.41) is 5.60. The zero-order chi connectivity index (χ0) is 28.6. The van der Waals surface area contributed by atoms with E-state index in [-0.39, 0.29) is 18.4 Å². The summed E-state index contributed by atoms with van der Waals surface area (Å²) in [6, 6.07) is 12.8. The average Bonchev–Trinajstić information content (AvgIpc) is 3.69. The molecule has 2 atom stereocenters. The number of ether oxygens (including phenoxy) is 3. The average molecular weight is 550 g/mol. The van der Waals surface area contributed by atoms with Gasteiger partial charge >= 0.3 is 0 Å². The summed E-state index contributed by atoms with van der Waals surface area (Å²) in [7, 11) is 3.03. The standard InChI is InChI=1S/C30H35N3O7/c1-19-9-10-20(2)23(15-19)33(27(34)18-32-29(35)25-8-6-14-40-25)28(30(36)31-17-22-7-5-13-39-22)21-11-12-24(37-3)26(16-21)38-4/h6,8-12,14-16,22,28H,5,7,13,17-18H2,1-4H3,(H,31,36)(H,32,35)/t22-,28-/m0/s1. The summed E-state index contributed by atoms with van der Waals surface area (Å²) in [4.78, 5) is 41.9. The number of hydrogen-bond donors (Lipinski definition) is 2. The van der Waals surface area contributed by atoms with Crippen molar-refractivity contribution in [3.63, 3.8) is 0 Å². The zero-order valence-corrected chi connectivity index (χ0v) is 23.2. The normalized spacial score (nSPS) is 15.2. The van der Waals surface area contributed by atoms with Crippen molar-refractivity contribution in [3.8, 4) is 11.5 Å². The van der Waals surface area contributed by atoms with E-state index in [1.807, 2.05) is 32.0 Å². The number of amides is 3. The number of nitrogens with one attached hydrogen (secondary N) is 2. The number of rotatable bonds is 11. The van der Waals surface area contributed by atoms with E-state index in [9.17, 15) is 14.4 Å². The van der Waals surface area contributed by atoms with Crippen molar-refractivity contribution >= 4 is 23.4 Å². The molecule has 3 amide bonds. The molecule has 0 radical (unpaired) electrons. The molecule has 3 aromatic rings. The van der Waals surface area contributed by atoms with Gasteiger partial charge in [-0.3, -0.25) is 19.3 Å². The third kappa shape index (κ3) is 6.63. The molecule has 0 bridgehead atoms. The molecule has 10 nitrogen and oxygen atoms in total. The van der Waals surface area contributed by atoms with Crippen molar-refractivity contribution in [2.24, 2.45) is 0 Å². The van der Waals surface area contributed by atoms with Crippen molar-refractivity contribution < 1.29 is 33.0 Å². The summed E-state index contributed by atoms with van der Waals surface area (Å²) in [5.41, 5.74) is 2.75. The summed E-state index contributed by atoms with van der Waals surface area (Å²) in [6.07, 6.45) is 3.07. The van der Waals surface area contributed by atoms with Crippen LogP contribution in [-0.2, 0) is 14.3 Å². The molecule has 2 heterocycles. The quantitative estimate of drug-likeness (QED) is 0.374. The first-order chi connectivity index (χ1) is 19.3. The fourth-order valence-electron chi connectivity index (χ4n) is 4.69. The monoisotopic (exact) mass is 549 g/mol. The van der Waals surface area contributed by atoms with Crippen LogP contribution < -0.4 is 25.0 Å². The molecule has 2 aromatic carbocycles. The molecule has 4 rings (SSSR count). The van der Waals surface area contributed by atoms with Gasteiger partial charge in [-0.25, -0.2) is 0 Å². The lowest BCUT2D eigenvalue weighted by Crippen LogP contribution is -2.48. The second kappa shape index (κ2) is 13.2. The number of carbonyl (C=O) groups excluding carboxylic acids is 3. The van der Waals surface area contributed by atoms with E-state index in [2.05, 4.69) is 10.6 Å². The highest BCUT2D eigenvalue weighted by Gasteiger charge is 2.35. The van der Waals surface area contributed by atoms with Crippen molar-refractivity contribution in [2.75, 3.05) is 38.8 Å². The van der Waals surface area contributed by atoms with Gasteiger partial charge in [0.2, 0.25) is 11.8 Å². The van der Waals surface area contributed by atoms with Gasteiger partial charge in [0, 0.05) is 18.8 Å². The second-order valence-corrected chi connectivity index (χ2v) is 9.61. The van der Waals surface area contributed by atoms with E-state index in [0.717, 1.165) is 24.0 Å². The molecule has 0 saturated carbocycles. The van der Waals surface area contributed by atoms with Crippen LogP contribution in [0, 0.1) is 13.8 Å². The Morgan fingerprint density at radius 3 is 2.50 bits per heavy atom. The number of benzene rings is 2. The Morgan fingerprint density at radius 1 is 1.02 bits per heavy atom. The Labute approximate surface area is 233 Å². The number of aryl methyl sites for hydroxylation is 2. The van der Waals surface area contributed by atoms with Gasteiger partial charge in [-0.2, -0.15) is 0 Å². The molecule has 0 spiro atoms. The van der Waals surface area contributed by atoms with Gasteiger partial charge in [0.15, 0.2) is 17.3 Å². The van der Waals surface area contributed by atoms with Crippen LogP contribution >= 0.6 is 0 Å². The van der Waals surface area contributed by atoms with Crippen molar-refractivity contribution in [1.82, 2.24) is 10.6 Å². The van der Waals surface area contributed by atoms with Crippen LogP contribution in [0.1, 0.15) is 46.1 Å². The maximum atomic E-state index is 14.0. The van der Waals surface area contributed by atoms with Gasteiger partial charge in [-0.15, -0.1) is 0 Å². The fourth-order valence-corrected chi connectivity index (χ4v) is 4.69. The SMILES string of the molecule is COc1ccc([C@@H](C(=O)NC[C@@H]2CCCO2)N(C(=O)CNC(=O)c2ccco2)c2cc(C)ccc2C)cc1OC. The Kier molecular flexibility index (Phi) is 9.44. The van der Waals surface area contributed by atoms with Gasteiger partial charge in [0.1, 0.15) is 6.04 Å². The molecular weight excluding hydrogens is 514 g/mol. The summed E-state index contributed by atoms with van der Waals surface area (Å²) >= 11 is 0. The maximum Gasteiger partial charge on any atom is 0.287 e. The van der Waals surface area contributed by atoms with Gasteiger partial charge < -0.3 is 29.3 Å².